The minimum Gasteiger partial charge on any atom is -0.454 e. The quantitative estimate of drug-likeness (QED) is 0.602. The molecule has 4 aromatic rings. The third kappa shape index (κ3) is 2.42. The maximum absolute atomic E-state index is 12.6. The number of rotatable bonds is 3. The smallest absolute Gasteiger partial charge is 0.261 e. The van der Waals surface area contributed by atoms with Gasteiger partial charge < -0.3 is 14.7 Å². The lowest BCUT2D eigenvalue weighted by Crippen LogP contribution is -2.17. The molecule has 1 unspecified atom stereocenters. The zero-order valence-corrected chi connectivity index (χ0v) is 14.0. The molecule has 3 heterocycles. The molecule has 1 aromatic carbocycles. The molecule has 3 N–H and O–H groups in total. The van der Waals surface area contributed by atoms with Crippen LogP contribution in [0.25, 0.3) is 22.4 Å². The number of aromatic nitrogens is 3. The highest BCUT2D eigenvalue weighted by molar-refractivity contribution is 5.86. The van der Waals surface area contributed by atoms with E-state index in [1.165, 1.54) is 6.20 Å². The SMILES string of the molecule is CC(c1ccccc1)c1cn(C)c(=O)c2cc(-c3[nH]ncc3N)oc12. The van der Waals surface area contributed by atoms with Crippen molar-refractivity contribution in [2.75, 3.05) is 5.73 Å². The van der Waals surface area contributed by atoms with E-state index in [0.29, 0.717) is 28.1 Å². The summed E-state index contributed by atoms with van der Waals surface area (Å²) in [5.74, 6) is 0.587. The number of nitrogens with two attached hydrogens (primary N) is 1. The highest BCUT2D eigenvalue weighted by Crippen LogP contribution is 2.34. The first-order valence-electron chi connectivity index (χ1n) is 8.03. The van der Waals surface area contributed by atoms with Gasteiger partial charge in [0.25, 0.3) is 5.56 Å². The maximum Gasteiger partial charge on any atom is 0.261 e. The summed E-state index contributed by atoms with van der Waals surface area (Å²) in [5, 5.41) is 7.27. The molecule has 0 radical (unpaired) electrons. The summed E-state index contributed by atoms with van der Waals surface area (Å²) in [6.45, 7) is 2.10. The van der Waals surface area contributed by atoms with E-state index in [2.05, 4.69) is 29.3 Å². The Kier molecular flexibility index (Phi) is 3.46. The van der Waals surface area contributed by atoms with Crippen LogP contribution >= 0.6 is 0 Å². The lowest BCUT2D eigenvalue weighted by atomic mass is 9.93. The Bertz CT molecular complexity index is 1110. The summed E-state index contributed by atoms with van der Waals surface area (Å²) < 4.78 is 7.63. The van der Waals surface area contributed by atoms with Crippen molar-refractivity contribution in [2.45, 2.75) is 12.8 Å². The fraction of sp³-hybridized carbons (Fsp3) is 0.158. The van der Waals surface area contributed by atoms with Crippen molar-refractivity contribution in [3.8, 4) is 11.5 Å². The second-order valence-corrected chi connectivity index (χ2v) is 6.19. The standard InChI is InChI=1S/C19H18N4O2/c1-11(12-6-4-3-5-7-12)14-10-23(2)19(24)13-8-16(25-18(13)14)17-15(20)9-21-22-17/h3-11H,20H2,1-2H3,(H,21,22). The van der Waals surface area contributed by atoms with Crippen molar-refractivity contribution in [2.24, 2.45) is 7.05 Å². The molecule has 0 bridgehead atoms. The van der Waals surface area contributed by atoms with Gasteiger partial charge in [0, 0.05) is 24.7 Å². The normalized spacial score (nSPS) is 12.6. The van der Waals surface area contributed by atoms with E-state index in [0.717, 1.165) is 11.1 Å². The van der Waals surface area contributed by atoms with Crippen molar-refractivity contribution in [3.05, 3.63) is 70.3 Å². The first kappa shape index (κ1) is 15.3. The van der Waals surface area contributed by atoms with Crippen molar-refractivity contribution in [1.29, 1.82) is 0 Å². The number of pyridine rings is 1. The van der Waals surface area contributed by atoms with Crippen LogP contribution in [-0.2, 0) is 7.05 Å². The molecule has 6 nitrogen and oxygen atoms in total. The Morgan fingerprint density at radius 1 is 1.28 bits per heavy atom. The lowest BCUT2D eigenvalue weighted by molar-refractivity contribution is 0.618. The largest absolute Gasteiger partial charge is 0.454 e. The first-order chi connectivity index (χ1) is 12.1. The van der Waals surface area contributed by atoms with Crippen LogP contribution in [0.1, 0.15) is 24.0 Å². The van der Waals surface area contributed by atoms with Gasteiger partial charge in [-0.15, -0.1) is 0 Å². The average Bonchev–Trinajstić information content (AvgIpc) is 3.24. The molecule has 0 spiro atoms. The van der Waals surface area contributed by atoms with Crippen molar-refractivity contribution >= 4 is 16.7 Å². The number of nitrogens with zero attached hydrogens (tertiary/aromatic N) is 2. The van der Waals surface area contributed by atoms with Crippen LogP contribution in [0.4, 0.5) is 5.69 Å². The topological polar surface area (TPSA) is 89.8 Å². The molecule has 0 aliphatic heterocycles. The number of H-pyrrole nitrogens is 1. The van der Waals surface area contributed by atoms with Gasteiger partial charge >= 0.3 is 0 Å². The molecule has 126 valence electrons. The summed E-state index contributed by atoms with van der Waals surface area (Å²) in [5.41, 5.74) is 9.56. The van der Waals surface area contributed by atoms with Gasteiger partial charge in [0.2, 0.25) is 0 Å². The van der Waals surface area contributed by atoms with E-state index in [-0.39, 0.29) is 11.5 Å². The van der Waals surface area contributed by atoms with Crippen molar-refractivity contribution in [1.82, 2.24) is 14.8 Å². The number of nitrogen functional groups attached to an aromatic ring is 1. The highest BCUT2D eigenvalue weighted by Gasteiger charge is 2.20. The van der Waals surface area contributed by atoms with Gasteiger partial charge in [0.05, 0.1) is 17.3 Å². The number of aromatic amines is 1. The van der Waals surface area contributed by atoms with Crippen molar-refractivity contribution in [3.63, 3.8) is 0 Å². The van der Waals surface area contributed by atoms with Crippen molar-refractivity contribution < 1.29 is 4.42 Å². The summed E-state index contributed by atoms with van der Waals surface area (Å²) in [6.07, 6.45) is 3.36. The highest BCUT2D eigenvalue weighted by atomic mass is 16.3. The molecule has 4 rings (SSSR count). The Balaban J connectivity index is 1.96. The number of hydrogen-bond acceptors (Lipinski definition) is 4. The van der Waals surface area contributed by atoms with E-state index in [9.17, 15) is 4.79 Å². The monoisotopic (exact) mass is 334 g/mol. The zero-order valence-electron chi connectivity index (χ0n) is 14.0. The molecule has 0 aliphatic carbocycles. The third-order valence-electron chi connectivity index (χ3n) is 4.56. The Morgan fingerprint density at radius 2 is 2.04 bits per heavy atom. The van der Waals surface area contributed by atoms with Crippen LogP contribution in [0.5, 0.6) is 0 Å². The summed E-state index contributed by atoms with van der Waals surface area (Å²) >= 11 is 0. The van der Waals surface area contributed by atoms with E-state index in [1.54, 1.807) is 17.7 Å². The van der Waals surface area contributed by atoms with Crippen LogP contribution in [0.2, 0.25) is 0 Å². The summed E-state index contributed by atoms with van der Waals surface area (Å²) in [4.78, 5) is 12.6. The predicted octanol–water partition coefficient (Wildman–Crippen LogP) is 3.26. The van der Waals surface area contributed by atoms with Crippen LogP contribution in [0.3, 0.4) is 0 Å². The molecular formula is C19H18N4O2. The minimum atomic E-state index is -0.105. The maximum atomic E-state index is 12.6. The van der Waals surface area contributed by atoms with Gasteiger partial charge in [-0.25, -0.2) is 0 Å². The van der Waals surface area contributed by atoms with Crippen LogP contribution in [-0.4, -0.2) is 14.8 Å². The summed E-state index contributed by atoms with van der Waals surface area (Å²) in [7, 11) is 1.75. The van der Waals surface area contributed by atoms with Crippen LogP contribution in [0.15, 0.2) is 58.0 Å². The van der Waals surface area contributed by atoms with E-state index in [4.69, 9.17) is 10.2 Å². The Labute approximate surface area is 143 Å². The van der Waals surface area contributed by atoms with Gasteiger partial charge in [-0.05, 0) is 11.6 Å². The molecule has 0 fully saturated rings. The number of aryl methyl sites for hydroxylation is 1. The fourth-order valence-electron chi connectivity index (χ4n) is 3.13. The molecule has 6 heteroatoms. The molecule has 0 saturated heterocycles. The molecule has 3 aromatic heterocycles. The number of fused-ring (bicyclic) bond motifs is 1. The second kappa shape index (κ2) is 5.66. The lowest BCUT2D eigenvalue weighted by Gasteiger charge is -2.14. The number of anilines is 1. The van der Waals surface area contributed by atoms with Crippen LogP contribution in [0, 0.1) is 0 Å². The first-order valence-corrected chi connectivity index (χ1v) is 8.03. The fourth-order valence-corrected chi connectivity index (χ4v) is 3.13. The molecular weight excluding hydrogens is 316 g/mol. The van der Waals surface area contributed by atoms with Gasteiger partial charge in [-0.1, -0.05) is 37.3 Å². The van der Waals surface area contributed by atoms with Gasteiger partial charge in [-0.2, -0.15) is 5.10 Å². The molecule has 0 aliphatic rings. The molecule has 0 amide bonds. The third-order valence-corrected chi connectivity index (χ3v) is 4.56. The predicted molar refractivity (Wildman–Crippen MR) is 97.4 cm³/mol. The number of benzene rings is 1. The molecule has 1 atom stereocenters. The number of hydrogen-bond donors (Lipinski definition) is 2. The zero-order chi connectivity index (χ0) is 17.6. The Hall–Kier alpha value is -3.28. The molecule has 25 heavy (non-hydrogen) atoms. The Morgan fingerprint density at radius 3 is 2.72 bits per heavy atom. The minimum absolute atomic E-state index is 0.0774. The average molecular weight is 334 g/mol. The number of nitrogens with one attached hydrogen (secondary N) is 1. The van der Waals surface area contributed by atoms with Gasteiger partial charge in [-0.3, -0.25) is 9.89 Å². The van der Waals surface area contributed by atoms with Gasteiger partial charge in [0.1, 0.15) is 11.3 Å². The van der Waals surface area contributed by atoms with E-state index >= 15 is 0 Å². The van der Waals surface area contributed by atoms with E-state index < -0.39 is 0 Å². The van der Waals surface area contributed by atoms with E-state index in [1.807, 2.05) is 24.4 Å². The second-order valence-electron chi connectivity index (χ2n) is 6.19. The number of furan rings is 1. The summed E-state index contributed by atoms with van der Waals surface area (Å²) in [6, 6.07) is 11.9. The van der Waals surface area contributed by atoms with Crippen LogP contribution < -0.4 is 11.3 Å². The van der Waals surface area contributed by atoms with Gasteiger partial charge in [0.15, 0.2) is 5.76 Å². The molecule has 0 saturated carbocycles.